The second-order valence-corrected chi connectivity index (χ2v) is 5.82. The van der Waals surface area contributed by atoms with Crippen molar-refractivity contribution in [1.29, 1.82) is 0 Å². The molecule has 0 radical (unpaired) electrons. The van der Waals surface area contributed by atoms with Crippen LogP contribution in [0.3, 0.4) is 0 Å². The summed E-state index contributed by atoms with van der Waals surface area (Å²) in [7, 11) is 1.65. The highest BCUT2D eigenvalue weighted by atomic mass is 35.5. The van der Waals surface area contributed by atoms with E-state index >= 15 is 0 Å². The van der Waals surface area contributed by atoms with Gasteiger partial charge in [0.05, 0.1) is 13.2 Å². The second kappa shape index (κ2) is 9.33. The van der Waals surface area contributed by atoms with Gasteiger partial charge in [0.25, 0.3) is 0 Å². The Morgan fingerprint density at radius 3 is 2.55 bits per heavy atom. The largest absolute Gasteiger partial charge is 0.481 e. The summed E-state index contributed by atoms with van der Waals surface area (Å²) in [5.41, 5.74) is 1.23. The molecule has 0 aromatic carbocycles. The molecule has 0 aliphatic carbocycles. The van der Waals surface area contributed by atoms with Gasteiger partial charge in [-0.2, -0.15) is 0 Å². The maximum atomic E-state index is 5.15. The van der Waals surface area contributed by atoms with E-state index in [9.17, 15) is 0 Å². The number of methoxy groups -OCH3 is 1. The van der Waals surface area contributed by atoms with Gasteiger partial charge in [-0.25, -0.2) is 4.98 Å². The molecule has 7 heteroatoms. The summed E-state index contributed by atoms with van der Waals surface area (Å²) in [5, 5.41) is 5.55. The van der Waals surface area contributed by atoms with Crippen LogP contribution in [-0.4, -0.2) is 43.2 Å². The molecule has 4 nitrogen and oxygen atoms in total. The van der Waals surface area contributed by atoms with Gasteiger partial charge in [-0.15, -0.1) is 36.2 Å². The van der Waals surface area contributed by atoms with E-state index in [0.29, 0.717) is 11.9 Å². The average Bonchev–Trinajstić information content (AvgIpc) is 3.03. The first-order valence-electron chi connectivity index (χ1n) is 6.86. The highest BCUT2D eigenvalue weighted by Gasteiger charge is 2.24. The molecule has 2 aromatic rings. The van der Waals surface area contributed by atoms with Crippen molar-refractivity contribution in [2.24, 2.45) is 0 Å². The van der Waals surface area contributed by atoms with Crippen LogP contribution in [-0.2, 0) is 0 Å². The Bertz CT molecular complexity index is 530. The van der Waals surface area contributed by atoms with E-state index < -0.39 is 0 Å². The third-order valence-electron chi connectivity index (χ3n) is 3.61. The lowest BCUT2D eigenvalue weighted by Gasteiger charge is -2.34. The van der Waals surface area contributed by atoms with E-state index in [4.69, 9.17) is 4.74 Å². The predicted molar refractivity (Wildman–Crippen MR) is 95.9 cm³/mol. The Kier molecular flexibility index (Phi) is 8.14. The van der Waals surface area contributed by atoms with Crippen LogP contribution < -0.4 is 10.1 Å². The molecule has 0 bridgehead atoms. The van der Waals surface area contributed by atoms with E-state index in [1.165, 1.54) is 10.4 Å². The quantitative estimate of drug-likeness (QED) is 0.908. The molecule has 1 N–H and O–H groups in total. The summed E-state index contributed by atoms with van der Waals surface area (Å²) in [6, 6.07) is 8.69. The van der Waals surface area contributed by atoms with Gasteiger partial charge in [0, 0.05) is 43.3 Å². The van der Waals surface area contributed by atoms with E-state index in [1.807, 2.05) is 23.6 Å². The summed E-state index contributed by atoms with van der Waals surface area (Å²) in [6.07, 6.45) is 1.94. The highest BCUT2D eigenvalue weighted by molar-refractivity contribution is 7.10. The minimum absolute atomic E-state index is 0. The van der Waals surface area contributed by atoms with Crippen molar-refractivity contribution in [2.45, 2.75) is 6.04 Å². The molecule has 0 amide bonds. The van der Waals surface area contributed by atoms with Crippen molar-refractivity contribution < 1.29 is 4.74 Å². The molecule has 2 aromatic heterocycles. The van der Waals surface area contributed by atoms with Crippen molar-refractivity contribution in [1.82, 2.24) is 15.2 Å². The molecule has 1 fully saturated rings. The summed E-state index contributed by atoms with van der Waals surface area (Å²) >= 11 is 1.81. The van der Waals surface area contributed by atoms with Crippen LogP contribution in [0.5, 0.6) is 5.88 Å². The summed E-state index contributed by atoms with van der Waals surface area (Å²) in [4.78, 5) is 8.26. The van der Waals surface area contributed by atoms with Gasteiger partial charge in [0.15, 0.2) is 0 Å². The summed E-state index contributed by atoms with van der Waals surface area (Å²) in [6.45, 7) is 4.22. The fourth-order valence-electron chi connectivity index (χ4n) is 2.62. The van der Waals surface area contributed by atoms with Crippen molar-refractivity contribution in [3.63, 3.8) is 0 Å². The lowest BCUT2D eigenvalue weighted by atomic mass is 10.0. The zero-order valence-electron chi connectivity index (χ0n) is 12.4. The molecule has 1 aliphatic rings. The maximum Gasteiger partial charge on any atom is 0.212 e. The average molecular weight is 362 g/mol. The van der Waals surface area contributed by atoms with E-state index in [1.54, 1.807) is 7.11 Å². The van der Waals surface area contributed by atoms with Crippen molar-refractivity contribution >= 4 is 36.2 Å². The van der Waals surface area contributed by atoms with E-state index in [2.05, 4.69) is 38.8 Å². The maximum absolute atomic E-state index is 5.15. The van der Waals surface area contributed by atoms with Gasteiger partial charge in [-0.05, 0) is 17.0 Å². The monoisotopic (exact) mass is 361 g/mol. The Hall–Kier alpha value is -0.850. The van der Waals surface area contributed by atoms with Crippen LogP contribution in [0.1, 0.15) is 16.5 Å². The fraction of sp³-hybridized carbons (Fsp3) is 0.400. The normalized spacial score (nSPS) is 16.2. The first-order chi connectivity index (χ1) is 9.88. The van der Waals surface area contributed by atoms with Crippen LogP contribution in [0.2, 0.25) is 0 Å². The minimum Gasteiger partial charge on any atom is -0.481 e. The number of hydrogen-bond acceptors (Lipinski definition) is 5. The zero-order valence-corrected chi connectivity index (χ0v) is 14.8. The van der Waals surface area contributed by atoms with Gasteiger partial charge in [0.1, 0.15) is 0 Å². The number of pyridine rings is 1. The number of halogens is 2. The number of nitrogens with one attached hydrogen (secondary N) is 1. The summed E-state index contributed by atoms with van der Waals surface area (Å²) < 4.78 is 5.15. The van der Waals surface area contributed by atoms with Crippen molar-refractivity contribution in [2.75, 3.05) is 33.3 Å². The fourth-order valence-corrected chi connectivity index (χ4v) is 3.50. The number of aromatic nitrogens is 1. The number of nitrogens with zero attached hydrogens (tertiary/aromatic N) is 2. The van der Waals surface area contributed by atoms with Crippen LogP contribution in [0, 0.1) is 0 Å². The third kappa shape index (κ3) is 4.33. The molecule has 122 valence electrons. The molecule has 1 atom stereocenters. The molecule has 0 spiro atoms. The number of ether oxygens (including phenoxy) is 1. The molecule has 3 heterocycles. The number of thiophene rings is 1. The summed E-state index contributed by atoms with van der Waals surface area (Å²) in [5.74, 6) is 0.666. The SMILES string of the molecule is COc1ccc([C@H](c2cccs2)N2CCNCC2)cn1.Cl.Cl. The van der Waals surface area contributed by atoms with Gasteiger partial charge in [-0.3, -0.25) is 4.90 Å². The van der Waals surface area contributed by atoms with Crippen LogP contribution >= 0.6 is 36.2 Å². The molecule has 1 aliphatic heterocycles. The smallest absolute Gasteiger partial charge is 0.212 e. The molecule has 22 heavy (non-hydrogen) atoms. The second-order valence-electron chi connectivity index (χ2n) is 4.84. The van der Waals surface area contributed by atoms with Gasteiger partial charge >= 0.3 is 0 Å². The van der Waals surface area contributed by atoms with E-state index in [-0.39, 0.29) is 24.8 Å². The Morgan fingerprint density at radius 2 is 2.00 bits per heavy atom. The predicted octanol–water partition coefficient (Wildman–Crippen LogP) is 2.99. The Balaban J connectivity index is 0.00000121. The highest BCUT2D eigenvalue weighted by Crippen LogP contribution is 2.32. The zero-order chi connectivity index (χ0) is 13.8. The molecular weight excluding hydrogens is 341 g/mol. The lowest BCUT2D eigenvalue weighted by Crippen LogP contribution is -2.45. The van der Waals surface area contributed by atoms with Crippen molar-refractivity contribution in [3.05, 3.63) is 46.3 Å². The Labute approximate surface area is 147 Å². The topological polar surface area (TPSA) is 37.4 Å². The third-order valence-corrected chi connectivity index (χ3v) is 4.54. The lowest BCUT2D eigenvalue weighted by molar-refractivity contribution is 0.200. The van der Waals surface area contributed by atoms with Gasteiger partial charge < -0.3 is 10.1 Å². The Morgan fingerprint density at radius 1 is 1.23 bits per heavy atom. The first kappa shape index (κ1) is 19.2. The number of rotatable bonds is 4. The molecule has 0 saturated carbocycles. The molecule has 0 unspecified atom stereocenters. The minimum atomic E-state index is 0. The number of piperazine rings is 1. The van der Waals surface area contributed by atoms with Gasteiger partial charge in [0.2, 0.25) is 5.88 Å². The molecule has 3 rings (SSSR count). The van der Waals surface area contributed by atoms with Gasteiger partial charge in [-0.1, -0.05) is 12.1 Å². The van der Waals surface area contributed by atoms with Crippen molar-refractivity contribution in [3.8, 4) is 5.88 Å². The molecule has 1 saturated heterocycles. The number of hydrogen-bond donors (Lipinski definition) is 1. The van der Waals surface area contributed by atoms with E-state index in [0.717, 1.165) is 26.2 Å². The first-order valence-corrected chi connectivity index (χ1v) is 7.74. The standard InChI is InChI=1S/C15H19N3OS.2ClH/c1-19-14-5-4-12(11-17-14)15(13-3-2-10-20-13)18-8-6-16-7-9-18;;/h2-5,10-11,15-16H,6-9H2,1H3;2*1H/t15-;;/m1../s1. The molecular formula is C15H21Cl2N3OS. The van der Waals surface area contributed by atoms with Crippen LogP contribution in [0.25, 0.3) is 0 Å². The van der Waals surface area contributed by atoms with Crippen LogP contribution in [0.4, 0.5) is 0 Å². The van der Waals surface area contributed by atoms with Crippen LogP contribution in [0.15, 0.2) is 35.8 Å².